The molecule has 2 atom stereocenters. The van der Waals surface area contributed by atoms with E-state index in [1.165, 1.54) is 12.1 Å². The minimum Gasteiger partial charge on any atom is -0.381 e. The molecule has 1 aliphatic heterocycles. The van der Waals surface area contributed by atoms with Crippen LogP contribution in [0.1, 0.15) is 37.8 Å². The average Bonchev–Trinajstić information content (AvgIpc) is 2.47. The Labute approximate surface area is 124 Å². The minimum atomic E-state index is -0.583. The Balaban J connectivity index is 1.95. The number of hydrogen-bond donors (Lipinski definition) is 2. The van der Waals surface area contributed by atoms with E-state index in [4.69, 9.17) is 10.5 Å². The molecule has 1 aromatic rings. The topological polar surface area (TPSA) is 64.3 Å². The zero-order valence-electron chi connectivity index (χ0n) is 12.3. The van der Waals surface area contributed by atoms with Gasteiger partial charge in [0.1, 0.15) is 11.9 Å². The monoisotopic (exact) mass is 294 g/mol. The minimum absolute atomic E-state index is 0.163. The molecule has 1 heterocycles. The van der Waals surface area contributed by atoms with Crippen LogP contribution in [0.5, 0.6) is 0 Å². The largest absolute Gasteiger partial charge is 0.381 e. The summed E-state index contributed by atoms with van der Waals surface area (Å²) in [6.07, 6.45) is 3.10. The van der Waals surface area contributed by atoms with Gasteiger partial charge >= 0.3 is 0 Å². The molecule has 1 saturated heterocycles. The number of nitrogens with two attached hydrogens (primary N) is 1. The van der Waals surface area contributed by atoms with Crippen LogP contribution in [0, 0.1) is 11.7 Å². The Morgan fingerprint density at radius 2 is 2.00 bits per heavy atom. The maximum atomic E-state index is 13.0. The van der Waals surface area contributed by atoms with Crippen LogP contribution < -0.4 is 11.1 Å². The van der Waals surface area contributed by atoms with Gasteiger partial charge in [0.15, 0.2) is 0 Å². The van der Waals surface area contributed by atoms with Gasteiger partial charge in [-0.25, -0.2) is 4.39 Å². The van der Waals surface area contributed by atoms with E-state index in [2.05, 4.69) is 12.2 Å². The maximum absolute atomic E-state index is 13.0. The number of carbonyl (C=O) groups is 1. The van der Waals surface area contributed by atoms with E-state index < -0.39 is 11.9 Å². The van der Waals surface area contributed by atoms with Crippen molar-refractivity contribution in [1.29, 1.82) is 0 Å². The van der Waals surface area contributed by atoms with Crippen molar-refractivity contribution in [2.24, 2.45) is 11.7 Å². The van der Waals surface area contributed by atoms with E-state index in [-0.39, 0.29) is 11.9 Å². The molecule has 116 valence electrons. The molecular weight excluding hydrogens is 271 g/mol. The van der Waals surface area contributed by atoms with Crippen LogP contribution in [0.4, 0.5) is 4.39 Å². The Kier molecular flexibility index (Phi) is 5.70. The maximum Gasteiger partial charge on any atom is 0.239 e. The quantitative estimate of drug-likeness (QED) is 0.845. The van der Waals surface area contributed by atoms with Crippen molar-refractivity contribution in [3.05, 3.63) is 35.6 Å². The van der Waals surface area contributed by atoms with E-state index in [0.29, 0.717) is 11.5 Å². The highest BCUT2D eigenvalue weighted by Gasteiger charge is 2.22. The molecule has 0 aliphatic carbocycles. The van der Waals surface area contributed by atoms with Crippen molar-refractivity contribution in [2.75, 3.05) is 13.2 Å². The standard InChI is InChI=1S/C16H23FN2O2/c1-11(10-12-6-8-21-9-7-12)19-15(16(18)20)13-2-4-14(17)5-3-13/h2-5,11-12,15,19H,6-10H2,1H3,(H2,18,20)/t11-,15-/m0/s1. The second-order valence-electron chi connectivity index (χ2n) is 5.75. The molecule has 0 radical (unpaired) electrons. The van der Waals surface area contributed by atoms with Crippen molar-refractivity contribution in [3.63, 3.8) is 0 Å². The van der Waals surface area contributed by atoms with Crippen molar-refractivity contribution in [3.8, 4) is 0 Å². The second kappa shape index (κ2) is 7.52. The third kappa shape index (κ3) is 4.79. The van der Waals surface area contributed by atoms with Gasteiger partial charge < -0.3 is 10.5 Å². The van der Waals surface area contributed by atoms with Gasteiger partial charge in [-0.1, -0.05) is 12.1 Å². The van der Waals surface area contributed by atoms with E-state index in [9.17, 15) is 9.18 Å². The van der Waals surface area contributed by atoms with Gasteiger partial charge in [0.2, 0.25) is 5.91 Å². The molecular formula is C16H23FN2O2. The van der Waals surface area contributed by atoms with Crippen molar-refractivity contribution in [2.45, 2.75) is 38.3 Å². The van der Waals surface area contributed by atoms with Gasteiger partial charge in [0.05, 0.1) is 0 Å². The number of hydrogen-bond acceptors (Lipinski definition) is 3. The zero-order valence-corrected chi connectivity index (χ0v) is 12.3. The first kappa shape index (κ1) is 15.9. The molecule has 1 aromatic carbocycles. The molecule has 5 heteroatoms. The van der Waals surface area contributed by atoms with E-state index in [1.54, 1.807) is 12.1 Å². The molecule has 0 bridgehead atoms. The average molecular weight is 294 g/mol. The predicted octanol–water partition coefficient (Wildman–Crippen LogP) is 2.15. The highest BCUT2D eigenvalue weighted by molar-refractivity contribution is 5.81. The Morgan fingerprint density at radius 3 is 2.57 bits per heavy atom. The van der Waals surface area contributed by atoms with Gasteiger partial charge in [-0.3, -0.25) is 10.1 Å². The van der Waals surface area contributed by atoms with Crippen LogP contribution in [0.3, 0.4) is 0 Å². The molecule has 3 N–H and O–H groups in total. The van der Waals surface area contributed by atoms with Crippen LogP contribution in [-0.4, -0.2) is 25.2 Å². The summed E-state index contributed by atoms with van der Waals surface area (Å²) in [5.41, 5.74) is 6.17. The lowest BCUT2D eigenvalue weighted by Crippen LogP contribution is -2.40. The van der Waals surface area contributed by atoms with E-state index in [1.807, 2.05) is 0 Å². The number of rotatable bonds is 6. The molecule has 0 aromatic heterocycles. The zero-order chi connectivity index (χ0) is 15.2. The van der Waals surface area contributed by atoms with Gasteiger partial charge in [0, 0.05) is 19.3 Å². The van der Waals surface area contributed by atoms with Crippen LogP contribution in [0.15, 0.2) is 24.3 Å². The lowest BCUT2D eigenvalue weighted by atomic mass is 9.92. The highest BCUT2D eigenvalue weighted by atomic mass is 19.1. The number of ether oxygens (including phenoxy) is 1. The molecule has 0 spiro atoms. The molecule has 1 fully saturated rings. The van der Waals surface area contributed by atoms with Crippen molar-refractivity contribution >= 4 is 5.91 Å². The second-order valence-corrected chi connectivity index (χ2v) is 5.75. The number of benzene rings is 1. The molecule has 4 nitrogen and oxygen atoms in total. The van der Waals surface area contributed by atoms with Crippen LogP contribution in [-0.2, 0) is 9.53 Å². The van der Waals surface area contributed by atoms with Gasteiger partial charge in [-0.2, -0.15) is 0 Å². The van der Waals surface area contributed by atoms with Crippen molar-refractivity contribution < 1.29 is 13.9 Å². The first-order valence-electron chi connectivity index (χ1n) is 7.45. The third-order valence-electron chi connectivity index (χ3n) is 3.97. The Hall–Kier alpha value is -1.46. The summed E-state index contributed by atoms with van der Waals surface area (Å²) in [7, 11) is 0. The number of halogens is 1. The van der Waals surface area contributed by atoms with Crippen LogP contribution in [0.2, 0.25) is 0 Å². The number of primary amides is 1. The fourth-order valence-electron chi connectivity index (χ4n) is 2.83. The first-order chi connectivity index (χ1) is 10.1. The fraction of sp³-hybridized carbons (Fsp3) is 0.562. The summed E-state index contributed by atoms with van der Waals surface area (Å²) >= 11 is 0. The number of carbonyl (C=O) groups excluding carboxylic acids is 1. The molecule has 2 rings (SSSR count). The SMILES string of the molecule is C[C@@H](CC1CCOCC1)N[C@H](C(N)=O)c1ccc(F)cc1. The first-order valence-corrected chi connectivity index (χ1v) is 7.45. The van der Waals surface area contributed by atoms with E-state index >= 15 is 0 Å². The van der Waals surface area contributed by atoms with Gasteiger partial charge in [0.25, 0.3) is 0 Å². The fourth-order valence-corrected chi connectivity index (χ4v) is 2.83. The van der Waals surface area contributed by atoms with Gasteiger partial charge in [-0.05, 0) is 49.8 Å². The molecule has 1 aliphatic rings. The smallest absolute Gasteiger partial charge is 0.239 e. The number of amides is 1. The van der Waals surface area contributed by atoms with Crippen LogP contribution in [0.25, 0.3) is 0 Å². The van der Waals surface area contributed by atoms with Crippen LogP contribution >= 0.6 is 0 Å². The summed E-state index contributed by atoms with van der Waals surface area (Å²) in [6.45, 7) is 3.68. The molecule has 0 unspecified atom stereocenters. The summed E-state index contributed by atoms with van der Waals surface area (Å²) < 4.78 is 18.3. The number of nitrogens with one attached hydrogen (secondary N) is 1. The lowest BCUT2D eigenvalue weighted by Gasteiger charge is -2.27. The van der Waals surface area contributed by atoms with Crippen molar-refractivity contribution in [1.82, 2.24) is 5.32 Å². The lowest BCUT2D eigenvalue weighted by molar-refractivity contribution is -0.120. The highest BCUT2D eigenvalue weighted by Crippen LogP contribution is 2.22. The van der Waals surface area contributed by atoms with Gasteiger partial charge in [-0.15, -0.1) is 0 Å². The molecule has 1 amide bonds. The summed E-state index contributed by atoms with van der Waals surface area (Å²) in [5.74, 6) is -0.152. The normalized spacial score (nSPS) is 19.1. The Bertz CT molecular complexity index is 458. The third-order valence-corrected chi connectivity index (χ3v) is 3.97. The molecule has 0 saturated carbocycles. The summed E-state index contributed by atoms with van der Waals surface area (Å²) in [5, 5.41) is 3.26. The van der Waals surface area contributed by atoms with E-state index in [0.717, 1.165) is 32.5 Å². The summed E-state index contributed by atoms with van der Waals surface area (Å²) in [4.78, 5) is 11.7. The molecule has 21 heavy (non-hydrogen) atoms. The summed E-state index contributed by atoms with van der Waals surface area (Å²) in [6, 6.07) is 5.46. The Morgan fingerprint density at radius 1 is 1.38 bits per heavy atom. The predicted molar refractivity (Wildman–Crippen MR) is 79.1 cm³/mol.